The SMILES string of the molecule is CC/C=C\C/C=C\C/C=C\CCCCCCCC(=O)OCC(COC(=O)CCCCCCCC)OC(=O)CCCCCCC/C=C\CCCCCCCC. The molecular formula is C48H84O6. The second-order valence-corrected chi connectivity index (χ2v) is 14.9. The predicted molar refractivity (Wildman–Crippen MR) is 229 cm³/mol. The van der Waals surface area contributed by atoms with Crippen molar-refractivity contribution >= 4 is 17.9 Å². The number of carbonyl (C=O) groups is 3. The van der Waals surface area contributed by atoms with Gasteiger partial charge in [-0.3, -0.25) is 14.4 Å². The summed E-state index contributed by atoms with van der Waals surface area (Å²) in [5, 5.41) is 0. The maximum atomic E-state index is 12.7. The van der Waals surface area contributed by atoms with Gasteiger partial charge in [0.05, 0.1) is 0 Å². The molecule has 0 aliphatic heterocycles. The third-order valence-electron chi connectivity index (χ3n) is 9.57. The van der Waals surface area contributed by atoms with Gasteiger partial charge in [0.15, 0.2) is 6.10 Å². The quantitative estimate of drug-likeness (QED) is 0.0268. The molecule has 0 aliphatic rings. The van der Waals surface area contributed by atoms with Crippen LogP contribution in [0.25, 0.3) is 0 Å². The number of rotatable bonds is 40. The van der Waals surface area contributed by atoms with Crippen LogP contribution in [0.3, 0.4) is 0 Å². The van der Waals surface area contributed by atoms with Crippen molar-refractivity contribution in [3.05, 3.63) is 48.6 Å². The van der Waals surface area contributed by atoms with Gasteiger partial charge in [-0.25, -0.2) is 0 Å². The summed E-state index contributed by atoms with van der Waals surface area (Å²) in [6.07, 6.45) is 49.7. The zero-order chi connectivity index (χ0) is 39.4. The fourth-order valence-electron chi connectivity index (χ4n) is 6.16. The second-order valence-electron chi connectivity index (χ2n) is 14.9. The molecule has 54 heavy (non-hydrogen) atoms. The minimum absolute atomic E-state index is 0.0822. The van der Waals surface area contributed by atoms with E-state index in [4.69, 9.17) is 14.2 Å². The lowest BCUT2D eigenvalue weighted by Gasteiger charge is -2.18. The molecule has 0 saturated heterocycles. The van der Waals surface area contributed by atoms with Crippen LogP contribution >= 0.6 is 0 Å². The number of esters is 3. The van der Waals surface area contributed by atoms with Gasteiger partial charge in [0, 0.05) is 19.3 Å². The number of hydrogen-bond donors (Lipinski definition) is 0. The lowest BCUT2D eigenvalue weighted by Crippen LogP contribution is -2.30. The molecule has 0 rings (SSSR count). The van der Waals surface area contributed by atoms with E-state index in [0.29, 0.717) is 19.3 Å². The van der Waals surface area contributed by atoms with Crippen LogP contribution < -0.4 is 0 Å². The summed E-state index contributed by atoms with van der Waals surface area (Å²) in [6, 6.07) is 0. The molecule has 0 aromatic carbocycles. The third-order valence-corrected chi connectivity index (χ3v) is 9.57. The number of unbranched alkanes of at least 4 members (excludes halogenated alkanes) is 21. The molecule has 0 N–H and O–H groups in total. The Bertz CT molecular complexity index is 964. The molecule has 6 nitrogen and oxygen atoms in total. The summed E-state index contributed by atoms with van der Waals surface area (Å²) in [4.78, 5) is 37.5. The number of carbonyl (C=O) groups excluding carboxylic acids is 3. The van der Waals surface area contributed by atoms with E-state index in [1.54, 1.807) is 0 Å². The van der Waals surface area contributed by atoms with Crippen LogP contribution in [0.5, 0.6) is 0 Å². The first-order chi connectivity index (χ1) is 26.5. The highest BCUT2D eigenvalue weighted by molar-refractivity contribution is 5.71. The Balaban J connectivity index is 4.31. The van der Waals surface area contributed by atoms with Gasteiger partial charge in [-0.05, 0) is 77.0 Å². The van der Waals surface area contributed by atoms with Crippen LogP contribution in [-0.4, -0.2) is 37.2 Å². The van der Waals surface area contributed by atoms with Crippen LogP contribution in [0.4, 0.5) is 0 Å². The van der Waals surface area contributed by atoms with Gasteiger partial charge in [-0.2, -0.15) is 0 Å². The molecule has 0 amide bonds. The molecule has 1 atom stereocenters. The Morgan fingerprint density at radius 2 is 0.722 bits per heavy atom. The van der Waals surface area contributed by atoms with Gasteiger partial charge >= 0.3 is 17.9 Å². The average molecular weight is 757 g/mol. The molecule has 0 aliphatic carbocycles. The highest BCUT2D eigenvalue weighted by atomic mass is 16.6. The van der Waals surface area contributed by atoms with E-state index in [1.807, 2.05) is 0 Å². The standard InChI is InChI=1S/C48H84O6/c1-4-7-10-13-16-18-20-22-24-26-28-30-32-35-38-41-47(50)53-44-45(43-52-46(49)40-37-34-15-12-9-6-3)54-48(51)42-39-36-33-31-29-27-25-23-21-19-17-14-11-8-5-2/h7,10,16,18,22-25,45H,4-6,8-9,11-15,17,19-21,26-44H2,1-3H3/b10-7-,18-16-,24-22-,25-23-. The highest BCUT2D eigenvalue weighted by Crippen LogP contribution is 2.13. The minimum Gasteiger partial charge on any atom is -0.462 e. The van der Waals surface area contributed by atoms with Crippen molar-refractivity contribution in [1.82, 2.24) is 0 Å². The summed E-state index contributed by atoms with van der Waals surface area (Å²) in [6.45, 7) is 6.43. The smallest absolute Gasteiger partial charge is 0.306 e. The van der Waals surface area contributed by atoms with Gasteiger partial charge in [0.2, 0.25) is 0 Å². The van der Waals surface area contributed by atoms with Crippen LogP contribution in [0.15, 0.2) is 48.6 Å². The van der Waals surface area contributed by atoms with Crippen molar-refractivity contribution in [2.45, 2.75) is 226 Å². The van der Waals surface area contributed by atoms with Crippen LogP contribution in [0.1, 0.15) is 220 Å². The second kappa shape index (κ2) is 43.1. The van der Waals surface area contributed by atoms with Crippen LogP contribution in [-0.2, 0) is 28.6 Å². The third kappa shape index (κ3) is 40.6. The van der Waals surface area contributed by atoms with E-state index < -0.39 is 6.10 Å². The first kappa shape index (κ1) is 51.4. The van der Waals surface area contributed by atoms with E-state index in [0.717, 1.165) is 109 Å². The maximum Gasteiger partial charge on any atom is 0.306 e. The van der Waals surface area contributed by atoms with Gasteiger partial charge < -0.3 is 14.2 Å². The lowest BCUT2D eigenvalue weighted by molar-refractivity contribution is -0.167. The molecule has 0 radical (unpaired) electrons. The predicted octanol–water partition coefficient (Wildman–Crippen LogP) is 14.4. The fraction of sp³-hybridized carbons (Fsp3) is 0.771. The Morgan fingerprint density at radius 1 is 0.389 bits per heavy atom. The Kier molecular flexibility index (Phi) is 41.0. The Morgan fingerprint density at radius 3 is 1.15 bits per heavy atom. The first-order valence-electron chi connectivity index (χ1n) is 22.6. The summed E-state index contributed by atoms with van der Waals surface area (Å²) in [7, 11) is 0. The molecule has 0 fully saturated rings. The maximum absolute atomic E-state index is 12.7. The van der Waals surface area contributed by atoms with Crippen molar-refractivity contribution in [2.24, 2.45) is 0 Å². The van der Waals surface area contributed by atoms with Gasteiger partial charge in [-0.15, -0.1) is 0 Å². The number of ether oxygens (including phenoxy) is 3. The van der Waals surface area contributed by atoms with E-state index in [-0.39, 0.29) is 31.1 Å². The molecule has 0 bridgehead atoms. The average Bonchev–Trinajstić information content (AvgIpc) is 3.17. The molecule has 6 heteroatoms. The molecule has 0 spiro atoms. The Hall–Kier alpha value is -2.63. The molecule has 1 unspecified atom stereocenters. The van der Waals surface area contributed by atoms with E-state index in [2.05, 4.69) is 69.4 Å². The molecule has 0 aromatic rings. The summed E-state index contributed by atoms with van der Waals surface area (Å²) in [5.74, 6) is -0.919. The lowest BCUT2D eigenvalue weighted by atomic mass is 10.1. The first-order valence-corrected chi connectivity index (χ1v) is 22.6. The molecule has 0 saturated carbocycles. The van der Waals surface area contributed by atoms with Crippen molar-refractivity contribution in [3.8, 4) is 0 Å². The number of allylic oxidation sites excluding steroid dienone is 8. The monoisotopic (exact) mass is 757 g/mol. The summed E-state index contributed by atoms with van der Waals surface area (Å²) < 4.78 is 16.6. The largest absolute Gasteiger partial charge is 0.462 e. The van der Waals surface area contributed by atoms with Crippen molar-refractivity contribution in [2.75, 3.05) is 13.2 Å². The molecule has 0 heterocycles. The van der Waals surface area contributed by atoms with Gasteiger partial charge in [0.25, 0.3) is 0 Å². The van der Waals surface area contributed by atoms with Gasteiger partial charge in [0.1, 0.15) is 13.2 Å². The van der Waals surface area contributed by atoms with Crippen LogP contribution in [0.2, 0.25) is 0 Å². The van der Waals surface area contributed by atoms with E-state index >= 15 is 0 Å². The van der Waals surface area contributed by atoms with E-state index in [9.17, 15) is 14.4 Å². The summed E-state index contributed by atoms with van der Waals surface area (Å²) in [5.41, 5.74) is 0. The normalized spacial score (nSPS) is 12.4. The Labute approximate surface area is 333 Å². The van der Waals surface area contributed by atoms with E-state index in [1.165, 1.54) is 70.6 Å². The zero-order valence-electron chi connectivity index (χ0n) is 35.5. The van der Waals surface area contributed by atoms with Crippen molar-refractivity contribution in [3.63, 3.8) is 0 Å². The minimum atomic E-state index is -0.778. The zero-order valence-corrected chi connectivity index (χ0v) is 35.5. The topological polar surface area (TPSA) is 78.9 Å². The number of hydrogen-bond acceptors (Lipinski definition) is 6. The van der Waals surface area contributed by atoms with Crippen molar-refractivity contribution in [1.29, 1.82) is 0 Å². The molecule has 312 valence electrons. The van der Waals surface area contributed by atoms with Gasteiger partial charge in [-0.1, -0.05) is 172 Å². The highest BCUT2D eigenvalue weighted by Gasteiger charge is 2.19. The van der Waals surface area contributed by atoms with Crippen LogP contribution in [0, 0.1) is 0 Å². The molecule has 0 aromatic heterocycles. The molecular weight excluding hydrogens is 673 g/mol. The van der Waals surface area contributed by atoms with Crippen molar-refractivity contribution < 1.29 is 28.6 Å². The fourth-order valence-corrected chi connectivity index (χ4v) is 6.16. The summed E-state index contributed by atoms with van der Waals surface area (Å²) >= 11 is 0.